The van der Waals surface area contributed by atoms with Gasteiger partial charge < -0.3 is 95.6 Å². The number of fused-ring (bicyclic) bond motifs is 4. The van der Waals surface area contributed by atoms with Gasteiger partial charge in [0.1, 0.15) is 108 Å². The maximum absolute atomic E-state index is 11.3. The van der Waals surface area contributed by atoms with Crippen LogP contribution in [0.15, 0.2) is 68.0 Å². The maximum Gasteiger partial charge on any atom is 0.179 e. The third kappa shape index (κ3) is 10.9. The topological polar surface area (TPSA) is 402 Å². The Balaban J connectivity index is 0.000000134. The molecule has 14 N–H and O–H groups in total. The Labute approximate surface area is 513 Å². The summed E-state index contributed by atoms with van der Waals surface area (Å²) in [6.45, 7) is 4.35. The average Bonchev–Trinajstić information content (AvgIpc) is 2.55. The molecule has 4 aliphatic heterocycles. The van der Waals surface area contributed by atoms with Gasteiger partial charge in [-0.25, -0.2) is 39.9 Å². The molecule has 0 saturated carbocycles. The quantitative estimate of drug-likeness (QED) is 0.0668. The van der Waals surface area contributed by atoms with Gasteiger partial charge in [0.05, 0.1) is 54.6 Å². The van der Waals surface area contributed by atoms with E-state index in [0.717, 1.165) is 28.7 Å². The van der Waals surface area contributed by atoms with Gasteiger partial charge in [0.15, 0.2) is 23.1 Å². The molecule has 0 bridgehead atoms. The molecule has 0 unspecified atom stereocenters. The fraction of sp³-hybridized carbons (Fsp3) is 0.453. The summed E-state index contributed by atoms with van der Waals surface area (Å²) in [4.78, 5) is 44.2. The minimum atomic E-state index is -1.40. The lowest BCUT2D eigenvalue weighted by Crippen LogP contribution is -2.42. The van der Waals surface area contributed by atoms with Crippen molar-refractivity contribution in [3.05, 3.63) is 68.0 Å². The molecule has 4 aliphatic rings. The van der Waals surface area contributed by atoms with Crippen molar-refractivity contribution in [2.45, 2.75) is 99.9 Å². The molecular weight excluding hydrogens is 1360 g/mol. The van der Waals surface area contributed by atoms with E-state index in [-0.39, 0.29) is 69.3 Å². The Bertz CT molecular complexity index is 3700. The Morgan fingerprint density at radius 1 is 0.512 bits per heavy atom. The van der Waals surface area contributed by atoms with Gasteiger partial charge in [0, 0.05) is 55.0 Å². The third-order valence-corrected chi connectivity index (χ3v) is 18.5. The van der Waals surface area contributed by atoms with Crippen LogP contribution in [0.25, 0.3) is 44.1 Å². The van der Waals surface area contributed by atoms with E-state index < -0.39 is 41.3 Å². The normalized spacial score (nSPS) is 27.9. The molecule has 84 heavy (non-hydrogen) atoms. The number of aliphatic hydroxyl groups excluding tert-OH is 6. The second-order valence-corrected chi connectivity index (χ2v) is 24.2. The van der Waals surface area contributed by atoms with Crippen molar-refractivity contribution in [2.24, 2.45) is 17.8 Å². The van der Waals surface area contributed by atoms with Crippen LogP contribution in [-0.4, -0.2) is 157 Å². The highest BCUT2D eigenvalue weighted by Gasteiger charge is 2.50. The van der Waals surface area contributed by atoms with Crippen molar-refractivity contribution >= 4 is 137 Å². The highest BCUT2D eigenvalue weighted by Crippen LogP contribution is 2.47. The number of nitrogen functional groups attached to an aromatic ring is 4. The number of aromatic nitrogens is 12. The summed E-state index contributed by atoms with van der Waals surface area (Å²) in [7, 11) is 0. The fourth-order valence-corrected chi connectivity index (χ4v) is 13.3. The van der Waals surface area contributed by atoms with E-state index in [1.165, 1.54) is 25.3 Å². The van der Waals surface area contributed by atoms with Crippen LogP contribution >= 0.6 is 63.7 Å². The molecule has 8 aromatic rings. The van der Waals surface area contributed by atoms with Gasteiger partial charge in [-0.3, -0.25) is 0 Å². The fourth-order valence-electron chi connectivity index (χ4n) is 10.9. The number of ether oxygens (including phenoxy) is 4. The van der Waals surface area contributed by atoms with Crippen molar-refractivity contribution in [2.75, 3.05) is 56.0 Å². The number of anilines is 4. The van der Waals surface area contributed by atoms with Gasteiger partial charge >= 0.3 is 0 Å². The van der Waals surface area contributed by atoms with E-state index in [9.17, 15) is 35.4 Å². The molecule has 11 atom stereocenters. The van der Waals surface area contributed by atoms with Gasteiger partial charge in [-0.15, -0.1) is 12.8 Å². The minimum Gasteiger partial charge on any atom is -0.393 e. The van der Waals surface area contributed by atoms with Crippen LogP contribution in [0.1, 0.15) is 71.4 Å². The monoisotopic (exact) mass is 1410 g/mol. The van der Waals surface area contributed by atoms with E-state index in [1.54, 1.807) is 10.8 Å². The van der Waals surface area contributed by atoms with Crippen molar-refractivity contribution in [1.29, 1.82) is 0 Å². The second kappa shape index (κ2) is 24.8. The van der Waals surface area contributed by atoms with Gasteiger partial charge in [-0.2, -0.15) is 0 Å². The molecule has 0 amide bonds. The Kier molecular flexibility index (Phi) is 18.4. The Hall–Kier alpha value is -6.01. The molecule has 0 spiro atoms. The second-order valence-electron chi connectivity index (χ2n) is 20.8. The Morgan fingerprint density at radius 2 is 0.845 bits per heavy atom. The molecule has 0 radical (unpaired) electrons. The predicted molar refractivity (Wildman–Crippen MR) is 321 cm³/mol. The molecule has 0 aromatic carbocycles. The molecule has 4 saturated heterocycles. The van der Waals surface area contributed by atoms with Gasteiger partial charge in [-0.05, 0) is 94.8 Å². The average molecular weight is 1420 g/mol. The Morgan fingerprint density at radius 3 is 1.14 bits per heavy atom. The molecule has 27 nitrogen and oxygen atoms in total. The number of terminal acetylenes is 2. The summed E-state index contributed by atoms with van der Waals surface area (Å²) in [5.74, 6) is 6.40. The molecule has 446 valence electrons. The number of aliphatic hydroxyl groups is 6. The molecule has 12 rings (SSSR count). The van der Waals surface area contributed by atoms with Crippen molar-refractivity contribution < 1.29 is 54.4 Å². The van der Waals surface area contributed by atoms with Gasteiger partial charge in [0.2, 0.25) is 0 Å². The summed E-state index contributed by atoms with van der Waals surface area (Å²) in [6, 6.07) is 0. The highest BCUT2D eigenvalue weighted by atomic mass is 79.9. The van der Waals surface area contributed by atoms with Crippen LogP contribution in [0.2, 0.25) is 0 Å². The number of hydrogen-bond acceptors (Lipinski definition) is 23. The lowest BCUT2D eigenvalue weighted by atomic mass is 9.90. The zero-order chi connectivity index (χ0) is 60.8. The van der Waals surface area contributed by atoms with Crippen LogP contribution in [0.4, 0.5) is 23.3 Å². The first-order chi connectivity index (χ1) is 40.1. The molecule has 8 aromatic heterocycles. The number of nitrogens with zero attached hydrogens (tertiary/aromatic N) is 12. The van der Waals surface area contributed by atoms with E-state index in [0.29, 0.717) is 82.2 Å². The summed E-state index contributed by atoms with van der Waals surface area (Å²) in [5, 5.41) is 60.6. The number of halogens is 4. The first-order valence-electron chi connectivity index (χ1n) is 26.0. The molecule has 31 heteroatoms. The number of nitrogens with two attached hydrogens (primary N) is 4. The van der Waals surface area contributed by atoms with Crippen molar-refractivity contribution in [3.63, 3.8) is 0 Å². The third-order valence-electron chi connectivity index (χ3n) is 16.1. The molecule has 4 fully saturated rings. The predicted octanol–water partition coefficient (Wildman–Crippen LogP) is 4.43. The van der Waals surface area contributed by atoms with E-state index in [2.05, 4.69) is 115 Å². The summed E-state index contributed by atoms with van der Waals surface area (Å²) >= 11 is 13.8. The first kappa shape index (κ1) is 62.5. The van der Waals surface area contributed by atoms with Gasteiger partial charge in [0.25, 0.3) is 0 Å². The maximum atomic E-state index is 11.3. The van der Waals surface area contributed by atoms with Crippen molar-refractivity contribution in [1.82, 2.24) is 58.1 Å². The summed E-state index contributed by atoms with van der Waals surface area (Å²) in [6.07, 6.45) is 24.1. The van der Waals surface area contributed by atoms with Gasteiger partial charge in [-0.1, -0.05) is 32.6 Å². The zero-order valence-electron chi connectivity index (χ0n) is 45.2. The smallest absolute Gasteiger partial charge is 0.179 e. The number of hydrogen-bond donors (Lipinski definition) is 10. The lowest BCUT2D eigenvalue weighted by molar-refractivity contribution is -0.144. The summed E-state index contributed by atoms with van der Waals surface area (Å²) in [5.41, 5.74) is 21.6. The van der Waals surface area contributed by atoms with Crippen LogP contribution in [0, 0.1) is 42.4 Å². The van der Waals surface area contributed by atoms with Crippen molar-refractivity contribution in [3.8, 4) is 24.7 Å². The zero-order valence-corrected chi connectivity index (χ0v) is 51.6. The van der Waals surface area contributed by atoms with Crippen LogP contribution < -0.4 is 22.9 Å². The van der Waals surface area contributed by atoms with E-state index in [1.807, 2.05) is 53.1 Å². The molecular formula is C53H60Br4N16O11. The van der Waals surface area contributed by atoms with Crippen LogP contribution in [0.5, 0.6) is 0 Å². The van der Waals surface area contributed by atoms with Crippen LogP contribution in [0.3, 0.4) is 0 Å². The minimum absolute atomic E-state index is 0.0212. The summed E-state index contributed by atoms with van der Waals surface area (Å²) < 4.78 is 33.8. The van der Waals surface area contributed by atoms with Crippen LogP contribution in [-0.2, 0) is 23.7 Å². The number of rotatable bonds is 10. The largest absolute Gasteiger partial charge is 0.393 e. The highest BCUT2D eigenvalue weighted by molar-refractivity contribution is 9.11. The van der Waals surface area contributed by atoms with E-state index in [4.69, 9.17) is 54.7 Å². The standard InChI is InChI=1S/C14H15BrN4O2.C13H17BrN4O3.C13H15BrN4O3.C13H13BrN4O3/c1-3-14(6-20)8(2)4-10(21-14)19-5-9(15)11-12(16)17-7-18-13(11)19;2*1-7-2-9(21-13(7,4-19)5-20)18-3-8(14)10-11(15)16-6-17-12(10)18;1-2-13(5-19)8(20)3-9(21-13)18-4-7(14)10-11(15)16-6-17-12(10)18/h1,5,7-8,10,20H,4,6H2,2H3,(H2,16,17,18);3,6-7,9,19-20H,2,4-5H2,1H3,(H2,15,16,17);3-4,6-7,9,20H,2,5H2,1H3,(H2,15,16,17);1,4,6,8-9,19-20H,3,5H2,(H2,15,16,17)/t8-,10+,14+;7-,9+;7-,9+,13+;8-,9+,13+/m0000/s1. The molecule has 0 aliphatic carbocycles. The first-order valence-corrected chi connectivity index (χ1v) is 29.2. The number of aldehydes is 1. The lowest BCUT2D eigenvalue weighted by Gasteiger charge is -2.28. The number of carbonyl (C=O) groups excluding carboxylic acids is 1. The number of carbonyl (C=O) groups is 1. The van der Waals surface area contributed by atoms with E-state index >= 15 is 0 Å². The SMILES string of the molecule is C#C[C@]1(CO)O[C@@H](n2cc(Br)c3c(N)ncnc32)C[C@@H]1C.C#C[C@]1(CO)O[C@@H](n2cc(Br)c3c(N)ncnc32)C[C@@H]1O.C[C@H]1C[C@H](n2cc(Br)c3c(N)ncnc32)OC1(CO)CO.C[C@H]1C[C@H](n2cc(Br)c3c(N)ncnc32)O[C@]1(C=O)CO. The molecule has 12 heterocycles.